The standard InChI is InChI=1S/C18H20F3N5O2S2/c1-28-5-2-6-29-16-14(22)13-11(18(19,20)21)7-12(26-15(13)30-16)10-8-24-17(25-9-10)23-3-4-27/h7-9,27H,2-6,22H2,1H3,(H,23,24,25). The molecule has 3 aromatic heterocycles. The second kappa shape index (κ2) is 9.77. The number of nitrogens with one attached hydrogen (secondary N) is 1. The van der Waals surface area contributed by atoms with E-state index in [1.54, 1.807) is 7.11 Å². The number of hydrogen-bond donors (Lipinski definition) is 3. The molecule has 0 radical (unpaired) electrons. The first-order valence-electron chi connectivity index (χ1n) is 8.94. The Balaban J connectivity index is 2.00. The Morgan fingerprint density at radius 3 is 2.67 bits per heavy atom. The van der Waals surface area contributed by atoms with Crippen molar-refractivity contribution in [3.63, 3.8) is 0 Å². The van der Waals surface area contributed by atoms with Gasteiger partial charge in [-0.2, -0.15) is 13.2 Å². The molecule has 0 fully saturated rings. The molecule has 12 heteroatoms. The van der Waals surface area contributed by atoms with Crippen LogP contribution in [-0.2, 0) is 10.9 Å². The average Bonchev–Trinajstić information content (AvgIpc) is 3.04. The van der Waals surface area contributed by atoms with Crippen molar-refractivity contribution in [1.29, 1.82) is 0 Å². The van der Waals surface area contributed by atoms with Crippen LogP contribution in [0, 0.1) is 0 Å². The number of ether oxygens (including phenoxy) is 1. The van der Waals surface area contributed by atoms with Gasteiger partial charge in [-0.1, -0.05) is 0 Å². The summed E-state index contributed by atoms with van der Waals surface area (Å²) in [5.74, 6) is 0.940. The fourth-order valence-corrected chi connectivity index (χ4v) is 4.95. The molecule has 0 aromatic carbocycles. The molecule has 4 N–H and O–H groups in total. The topological polar surface area (TPSA) is 106 Å². The van der Waals surface area contributed by atoms with Gasteiger partial charge in [0.1, 0.15) is 4.83 Å². The van der Waals surface area contributed by atoms with Crippen LogP contribution in [0.15, 0.2) is 22.7 Å². The van der Waals surface area contributed by atoms with Crippen molar-refractivity contribution in [2.75, 3.05) is 43.7 Å². The molecule has 0 saturated heterocycles. The number of aromatic nitrogens is 3. The van der Waals surface area contributed by atoms with Crippen molar-refractivity contribution in [2.45, 2.75) is 16.8 Å². The molecule has 0 saturated carbocycles. The van der Waals surface area contributed by atoms with Crippen LogP contribution >= 0.6 is 23.1 Å². The Hall–Kier alpha value is -2.15. The van der Waals surface area contributed by atoms with Gasteiger partial charge in [-0.05, 0) is 12.5 Å². The number of thiophene rings is 1. The van der Waals surface area contributed by atoms with Gasteiger partial charge in [0.2, 0.25) is 5.95 Å². The summed E-state index contributed by atoms with van der Waals surface area (Å²) in [4.78, 5) is 12.7. The summed E-state index contributed by atoms with van der Waals surface area (Å²) >= 11 is 2.54. The van der Waals surface area contributed by atoms with E-state index in [0.29, 0.717) is 22.1 Å². The number of nitrogens with two attached hydrogens (primary N) is 1. The molecule has 0 atom stereocenters. The molecule has 3 heterocycles. The number of nitrogen functional groups attached to an aromatic ring is 1. The van der Waals surface area contributed by atoms with Gasteiger partial charge in [-0.3, -0.25) is 0 Å². The van der Waals surface area contributed by atoms with E-state index in [4.69, 9.17) is 15.6 Å². The Kier molecular flexibility index (Phi) is 7.34. The molecule has 3 rings (SSSR count). The van der Waals surface area contributed by atoms with E-state index in [0.717, 1.165) is 23.8 Å². The van der Waals surface area contributed by atoms with Crippen LogP contribution in [0.25, 0.3) is 21.5 Å². The molecule has 0 aliphatic heterocycles. The van der Waals surface area contributed by atoms with E-state index >= 15 is 0 Å². The Morgan fingerprint density at radius 2 is 2.03 bits per heavy atom. The van der Waals surface area contributed by atoms with E-state index in [1.807, 2.05) is 0 Å². The highest BCUT2D eigenvalue weighted by molar-refractivity contribution is 8.01. The van der Waals surface area contributed by atoms with E-state index in [2.05, 4.69) is 20.3 Å². The maximum absolute atomic E-state index is 13.8. The minimum atomic E-state index is -4.59. The molecule has 0 aliphatic rings. The quantitative estimate of drug-likeness (QED) is 0.327. The number of aliphatic hydroxyl groups is 1. The normalized spacial score (nSPS) is 11.9. The molecular weight excluding hydrogens is 439 g/mol. The first-order valence-corrected chi connectivity index (χ1v) is 10.7. The molecular formula is C18H20F3N5O2S2. The Morgan fingerprint density at radius 1 is 1.30 bits per heavy atom. The first kappa shape index (κ1) is 22.5. The minimum Gasteiger partial charge on any atom is -0.397 e. The number of halogens is 3. The van der Waals surface area contributed by atoms with Gasteiger partial charge in [0.05, 0.1) is 27.8 Å². The van der Waals surface area contributed by atoms with Crippen molar-refractivity contribution in [2.24, 2.45) is 0 Å². The van der Waals surface area contributed by atoms with Crippen molar-refractivity contribution in [1.82, 2.24) is 15.0 Å². The number of alkyl halides is 3. The first-order chi connectivity index (χ1) is 14.3. The van der Waals surface area contributed by atoms with E-state index in [1.165, 1.54) is 24.2 Å². The molecule has 0 bridgehead atoms. The SMILES string of the molecule is COCCCSc1sc2nc(-c3cnc(NCCO)nc3)cc(C(F)(F)F)c2c1N. The Bertz CT molecular complexity index is 996. The second-order valence-corrected chi connectivity index (χ2v) is 8.54. The summed E-state index contributed by atoms with van der Waals surface area (Å²) in [7, 11) is 1.60. The highest BCUT2D eigenvalue weighted by Crippen LogP contribution is 2.46. The summed E-state index contributed by atoms with van der Waals surface area (Å²) in [6.07, 6.45) is -1.06. The summed E-state index contributed by atoms with van der Waals surface area (Å²) in [6, 6.07) is 0.976. The molecule has 0 unspecified atom stereocenters. The molecule has 7 nitrogen and oxygen atoms in total. The molecule has 0 aliphatic carbocycles. The van der Waals surface area contributed by atoms with Gasteiger partial charge in [0, 0.05) is 49.4 Å². The van der Waals surface area contributed by atoms with Gasteiger partial charge in [0.25, 0.3) is 0 Å². The maximum Gasteiger partial charge on any atom is 0.417 e. The fourth-order valence-electron chi connectivity index (χ4n) is 2.67. The number of fused-ring (bicyclic) bond motifs is 1. The number of rotatable bonds is 9. The lowest BCUT2D eigenvalue weighted by atomic mass is 10.1. The summed E-state index contributed by atoms with van der Waals surface area (Å²) in [5, 5.41) is 11.5. The van der Waals surface area contributed by atoms with E-state index in [-0.39, 0.29) is 40.7 Å². The van der Waals surface area contributed by atoms with Crippen LogP contribution < -0.4 is 11.1 Å². The predicted octanol–water partition coefficient (Wildman–Crippen LogP) is 3.89. The summed E-state index contributed by atoms with van der Waals surface area (Å²) in [5.41, 5.74) is 5.80. The van der Waals surface area contributed by atoms with Crippen LogP contribution in [0.1, 0.15) is 12.0 Å². The van der Waals surface area contributed by atoms with Crippen molar-refractivity contribution >= 4 is 45.0 Å². The number of anilines is 2. The van der Waals surface area contributed by atoms with Crippen LogP contribution in [0.4, 0.5) is 24.8 Å². The molecule has 162 valence electrons. The molecule has 30 heavy (non-hydrogen) atoms. The average molecular weight is 460 g/mol. The van der Waals surface area contributed by atoms with Crippen LogP contribution in [-0.4, -0.2) is 52.7 Å². The van der Waals surface area contributed by atoms with Crippen molar-refractivity contribution < 1.29 is 23.0 Å². The zero-order chi connectivity index (χ0) is 21.7. The smallest absolute Gasteiger partial charge is 0.397 e. The van der Waals surface area contributed by atoms with Crippen LogP contribution in [0.5, 0.6) is 0 Å². The van der Waals surface area contributed by atoms with Gasteiger partial charge < -0.3 is 20.9 Å². The van der Waals surface area contributed by atoms with Crippen LogP contribution in [0.2, 0.25) is 0 Å². The number of pyridine rings is 1. The minimum absolute atomic E-state index is 0.0763. The van der Waals surface area contributed by atoms with Gasteiger partial charge in [-0.15, -0.1) is 23.1 Å². The molecule has 0 amide bonds. The van der Waals surface area contributed by atoms with Gasteiger partial charge in [-0.25, -0.2) is 15.0 Å². The Labute approximate surface area is 178 Å². The largest absolute Gasteiger partial charge is 0.417 e. The van der Waals surface area contributed by atoms with E-state index < -0.39 is 11.7 Å². The predicted molar refractivity (Wildman–Crippen MR) is 113 cm³/mol. The second-order valence-electron chi connectivity index (χ2n) is 6.18. The molecule has 3 aromatic rings. The number of aliphatic hydroxyl groups excluding tert-OH is 1. The number of nitrogens with zero attached hydrogens (tertiary/aromatic N) is 3. The van der Waals surface area contributed by atoms with E-state index in [9.17, 15) is 13.2 Å². The zero-order valence-corrected chi connectivity index (χ0v) is 17.6. The summed E-state index contributed by atoms with van der Waals surface area (Å²) < 4.78 is 47.0. The molecule has 0 spiro atoms. The number of thioether (sulfide) groups is 1. The van der Waals surface area contributed by atoms with Crippen LogP contribution in [0.3, 0.4) is 0 Å². The van der Waals surface area contributed by atoms with Gasteiger partial charge in [0.15, 0.2) is 0 Å². The van der Waals surface area contributed by atoms with Crippen molar-refractivity contribution in [3.05, 3.63) is 24.0 Å². The lowest BCUT2D eigenvalue weighted by molar-refractivity contribution is -0.136. The monoisotopic (exact) mass is 459 g/mol. The highest BCUT2D eigenvalue weighted by atomic mass is 32.2. The van der Waals surface area contributed by atoms with Gasteiger partial charge >= 0.3 is 6.18 Å². The van der Waals surface area contributed by atoms with Crippen molar-refractivity contribution in [3.8, 4) is 11.3 Å². The summed E-state index contributed by atoms with van der Waals surface area (Å²) in [6.45, 7) is 0.738. The third kappa shape index (κ3) is 5.12. The lowest BCUT2D eigenvalue weighted by Crippen LogP contribution is -2.09. The fraction of sp³-hybridized carbons (Fsp3) is 0.389. The number of hydrogen-bond acceptors (Lipinski definition) is 9. The zero-order valence-electron chi connectivity index (χ0n) is 16.0. The maximum atomic E-state index is 13.8. The number of methoxy groups -OCH3 is 1. The third-order valence-corrected chi connectivity index (χ3v) is 6.51. The lowest BCUT2D eigenvalue weighted by Gasteiger charge is -2.11. The third-order valence-electron chi connectivity index (χ3n) is 4.04. The highest BCUT2D eigenvalue weighted by Gasteiger charge is 2.35.